The SMILES string of the molecule is C=C(C)CCc1cc(C2(O)Oc3cc(O)cc(O)c3C(=O)C2(O)O)ccc1O. The highest BCUT2D eigenvalue weighted by molar-refractivity contribution is 6.07. The molecule has 28 heavy (non-hydrogen) atoms. The van der Waals surface area contributed by atoms with E-state index >= 15 is 0 Å². The zero-order valence-electron chi connectivity index (χ0n) is 15.0. The fourth-order valence-electron chi connectivity index (χ4n) is 3.06. The Bertz CT molecular complexity index is 978. The minimum atomic E-state index is -3.45. The van der Waals surface area contributed by atoms with Gasteiger partial charge in [-0.15, -0.1) is 6.58 Å². The second-order valence-corrected chi connectivity index (χ2v) is 6.89. The van der Waals surface area contributed by atoms with Crippen molar-refractivity contribution in [1.29, 1.82) is 0 Å². The predicted molar refractivity (Wildman–Crippen MR) is 97.0 cm³/mol. The molecule has 0 aromatic heterocycles. The average molecular weight is 388 g/mol. The van der Waals surface area contributed by atoms with E-state index < -0.39 is 40.2 Å². The Morgan fingerprint density at radius 3 is 2.39 bits per heavy atom. The molecule has 0 bridgehead atoms. The lowest BCUT2D eigenvalue weighted by molar-refractivity contribution is -0.328. The molecule has 0 fully saturated rings. The van der Waals surface area contributed by atoms with E-state index in [2.05, 4.69) is 6.58 Å². The molecule has 0 amide bonds. The molecule has 1 aliphatic heterocycles. The van der Waals surface area contributed by atoms with Crippen LogP contribution in [0.4, 0.5) is 0 Å². The van der Waals surface area contributed by atoms with E-state index in [0.29, 0.717) is 18.4 Å². The number of aryl methyl sites for hydroxylation is 1. The van der Waals surface area contributed by atoms with Crippen molar-refractivity contribution >= 4 is 5.78 Å². The molecule has 0 aliphatic carbocycles. The van der Waals surface area contributed by atoms with Gasteiger partial charge in [-0.3, -0.25) is 4.79 Å². The van der Waals surface area contributed by atoms with Gasteiger partial charge in [0.25, 0.3) is 5.79 Å². The first-order chi connectivity index (χ1) is 13.0. The van der Waals surface area contributed by atoms with Crippen LogP contribution in [0.3, 0.4) is 0 Å². The molecule has 148 valence electrons. The maximum atomic E-state index is 12.6. The van der Waals surface area contributed by atoms with Crippen LogP contribution in [0, 0.1) is 0 Å². The monoisotopic (exact) mass is 388 g/mol. The van der Waals surface area contributed by atoms with Gasteiger partial charge in [-0.25, -0.2) is 0 Å². The smallest absolute Gasteiger partial charge is 0.301 e. The van der Waals surface area contributed by atoms with E-state index in [9.17, 15) is 35.4 Å². The standard InChI is InChI=1S/C20H20O8/c1-10(2)3-4-11-7-12(5-6-14(11)22)20(27)19(25,26)18(24)17-15(23)8-13(21)9-16(17)28-20/h5-9,21-23,25-27H,1,3-4H2,2H3. The molecule has 8 nitrogen and oxygen atoms in total. The highest BCUT2D eigenvalue weighted by atomic mass is 16.7. The second kappa shape index (κ2) is 6.52. The number of carbonyl (C=O) groups excluding carboxylic acids is 1. The quantitative estimate of drug-likeness (QED) is 0.340. The highest BCUT2D eigenvalue weighted by Gasteiger charge is 2.62. The number of phenols is 3. The van der Waals surface area contributed by atoms with Crippen molar-refractivity contribution in [2.24, 2.45) is 0 Å². The third-order valence-electron chi connectivity index (χ3n) is 4.63. The van der Waals surface area contributed by atoms with E-state index in [1.165, 1.54) is 18.2 Å². The number of hydrogen-bond donors (Lipinski definition) is 6. The van der Waals surface area contributed by atoms with Gasteiger partial charge in [0.05, 0.1) is 0 Å². The molecular weight excluding hydrogens is 368 g/mol. The summed E-state index contributed by atoms with van der Waals surface area (Å²) in [5.41, 5.74) is 0.416. The fourth-order valence-corrected chi connectivity index (χ4v) is 3.06. The molecule has 0 saturated heterocycles. The number of ketones is 1. The van der Waals surface area contributed by atoms with Gasteiger partial charge >= 0.3 is 5.79 Å². The predicted octanol–water partition coefficient (Wildman–Crippen LogP) is 1.41. The largest absolute Gasteiger partial charge is 0.508 e. The Hall–Kier alpha value is -3.07. The van der Waals surface area contributed by atoms with Gasteiger partial charge in [-0.2, -0.15) is 0 Å². The molecule has 2 aromatic carbocycles. The van der Waals surface area contributed by atoms with Crippen molar-refractivity contribution in [3.8, 4) is 23.0 Å². The lowest BCUT2D eigenvalue weighted by Gasteiger charge is -2.42. The Balaban J connectivity index is 2.14. The van der Waals surface area contributed by atoms with E-state index in [0.717, 1.165) is 17.7 Å². The first kappa shape index (κ1) is 19.7. The van der Waals surface area contributed by atoms with E-state index in [1.807, 2.05) is 0 Å². The fraction of sp³-hybridized carbons (Fsp3) is 0.250. The van der Waals surface area contributed by atoms with Crippen molar-refractivity contribution < 1.29 is 40.2 Å². The zero-order chi connectivity index (χ0) is 20.9. The molecule has 1 unspecified atom stereocenters. The number of Topliss-reactive ketones (excluding diaryl/α,β-unsaturated/α-hetero) is 1. The minimum absolute atomic E-state index is 0.0899. The summed E-state index contributed by atoms with van der Waals surface area (Å²) < 4.78 is 5.29. The summed E-state index contributed by atoms with van der Waals surface area (Å²) >= 11 is 0. The van der Waals surface area contributed by atoms with Crippen LogP contribution in [0.1, 0.15) is 34.8 Å². The number of carbonyl (C=O) groups is 1. The van der Waals surface area contributed by atoms with Crippen LogP contribution in [0.25, 0.3) is 0 Å². The van der Waals surface area contributed by atoms with Crippen LogP contribution < -0.4 is 4.74 Å². The number of allylic oxidation sites excluding steroid dienone is 1. The Morgan fingerprint density at radius 1 is 1.07 bits per heavy atom. The number of aliphatic hydroxyl groups is 3. The van der Waals surface area contributed by atoms with Gasteiger partial charge in [0.15, 0.2) is 0 Å². The number of fused-ring (bicyclic) bond motifs is 1. The molecule has 0 saturated carbocycles. The van der Waals surface area contributed by atoms with Crippen LogP contribution in [0.5, 0.6) is 23.0 Å². The summed E-state index contributed by atoms with van der Waals surface area (Å²) in [6, 6.07) is 5.45. The Morgan fingerprint density at radius 2 is 1.75 bits per heavy atom. The van der Waals surface area contributed by atoms with Gasteiger partial charge in [-0.1, -0.05) is 5.57 Å². The molecule has 0 spiro atoms. The molecule has 3 rings (SSSR count). The minimum Gasteiger partial charge on any atom is -0.508 e. The number of benzene rings is 2. The molecule has 1 aliphatic rings. The Kier molecular flexibility index (Phi) is 4.58. The van der Waals surface area contributed by atoms with Gasteiger partial charge in [0, 0.05) is 17.7 Å². The van der Waals surface area contributed by atoms with Gasteiger partial charge < -0.3 is 35.4 Å². The molecule has 8 heteroatoms. The van der Waals surface area contributed by atoms with E-state index in [1.54, 1.807) is 6.92 Å². The van der Waals surface area contributed by atoms with Gasteiger partial charge in [-0.05, 0) is 43.5 Å². The van der Waals surface area contributed by atoms with Crippen LogP contribution in [0.2, 0.25) is 0 Å². The number of hydrogen-bond acceptors (Lipinski definition) is 8. The molecule has 0 radical (unpaired) electrons. The van der Waals surface area contributed by atoms with Crippen molar-refractivity contribution in [1.82, 2.24) is 0 Å². The van der Waals surface area contributed by atoms with E-state index in [-0.39, 0.29) is 11.3 Å². The number of ether oxygens (including phenoxy) is 1. The first-order valence-electron chi connectivity index (χ1n) is 8.41. The zero-order valence-corrected chi connectivity index (χ0v) is 15.0. The normalized spacial score (nSPS) is 20.4. The molecular formula is C20H20O8. The number of aromatic hydroxyl groups is 3. The summed E-state index contributed by atoms with van der Waals surface area (Å²) in [7, 11) is 0. The van der Waals surface area contributed by atoms with Crippen molar-refractivity contribution in [2.45, 2.75) is 31.3 Å². The van der Waals surface area contributed by atoms with Crippen LogP contribution in [-0.2, 0) is 12.2 Å². The van der Waals surface area contributed by atoms with Crippen molar-refractivity contribution in [2.75, 3.05) is 0 Å². The first-order valence-corrected chi connectivity index (χ1v) is 8.41. The summed E-state index contributed by atoms with van der Waals surface area (Å²) in [5.74, 6) is -9.52. The molecule has 2 aromatic rings. The average Bonchev–Trinajstić information content (AvgIpc) is 2.58. The third-order valence-corrected chi connectivity index (χ3v) is 4.63. The lowest BCUT2D eigenvalue weighted by Crippen LogP contribution is -2.62. The van der Waals surface area contributed by atoms with Crippen LogP contribution in [0.15, 0.2) is 42.5 Å². The topological polar surface area (TPSA) is 148 Å². The summed E-state index contributed by atoms with van der Waals surface area (Å²) in [6.07, 6.45) is 0.879. The Labute approximate surface area is 160 Å². The maximum Gasteiger partial charge on any atom is 0.301 e. The highest BCUT2D eigenvalue weighted by Crippen LogP contribution is 2.47. The summed E-state index contributed by atoms with van der Waals surface area (Å²) in [4.78, 5) is 12.6. The van der Waals surface area contributed by atoms with E-state index in [4.69, 9.17) is 4.74 Å². The molecule has 6 N–H and O–H groups in total. The lowest BCUT2D eigenvalue weighted by atomic mass is 9.85. The molecule has 1 atom stereocenters. The maximum absolute atomic E-state index is 12.6. The van der Waals surface area contributed by atoms with Gasteiger partial charge in [0.2, 0.25) is 5.78 Å². The van der Waals surface area contributed by atoms with Crippen molar-refractivity contribution in [3.05, 3.63) is 59.2 Å². The van der Waals surface area contributed by atoms with Gasteiger partial charge in [0.1, 0.15) is 28.6 Å². The van der Waals surface area contributed by atoms with Crippen LogP contribution in [-0.4, -0.2) is 42.2 Å². The summed E-state index contributed by atoms with van der Waals surface area (Å²) in [5, 5.41) is 61.3. The van der Waals surface area contributed by atoms with Crippen molar-refractivity contribution in [3.63, 3.8) is 0 Å². The number of phenolic OH excluding ortho intramolecular Hbond substituents is 3. The molecule has 1 heterocycles. The second-order valence-electron chi connectivity index (χ2n) is 6.89. The third kappa shape index (κ3) is 2.97. The van der Waals surface area contributed by atoms with Crippen LogP contribution >= 0.6 is 0 Å². The summed E-state index contributed by atoms with van der Waals surface area (Å²) in [6.45, 7) is 5.58. The number of rotatable bonds is 4.